The Balaban J connectivity index is 1.71. The summed E-state index contributed by atoms with van der Waals surface area (Å²) in [5.41, 5.74) is 4.72. The van der Waals surface area contributed by atoms with Gasteiger partial charge in [0.1, 0.15) is 0 Å². The molecule has 2 aromatic carbocycles. The van der Waals surface area contributed by atoms with Crippen molar-refractivity contribution < 1.29 is 9.84 Å². The van der Waals surface area contributed by atoms with Crippen LogP contribution in [-0.4, -0.2) is 36.3 Å². The highest BCUT2D eigenvalue weighted by atomic mass is 16.5. The number of benzene rings is 2. The first-order valence-corrected chi connectivity index (χ1v) is 8.97. The van der Waals surface area contributed by atoms with E-state index in [0.717, 1.165) is 31.7 Å². The molecule has 0 saturated carbocycles. The van der Waals surface area contributed by atoms with Gasteiger partial charge in [0.2, 0.25) is 0 Å². The molecule has 3 heteroatoms. The van der Waals surface area contributed by atoms with Crippen molar-refractivity contribution >= 4 is 0 Å². The highest BCUT2D eigenvalue weighted by molar-refractivity contribution is 5.24. The molecule has 0 amide bonds. The second-order valence-corrected chi connectivity index (χ2v) is 6.79. The van der Waals surface area contributed by atoms with Crippen LogP contribution in [0.2, 0.25) is 0 Å². The normalized spacial score (nSPS) is 15.9. The highest BCUT2D eigenvalue weighted by Gasteiger charge is 2.16. The largest absolute Gasteiger partial charge is 0.387 e. The van der Waals surface area contributed by atoms with Crippen molar-refractivity contribution in [3.63, 3.8) is 0 Å². The topological polar surface area (TPSA) is 32.7 Å². The molecule has 1 N–H and O–H groups in total. The molecule has 1 aliphatic rings. The zero-order valence-electron chi connectivity index (χ0n) is 14.9. The number of aliphatic hydroxyl groups excluding tert-OH is 1. The number of rotatable bonds is 7. The van der Waals surface area contributed by atoms with Crippen LogP contribution in [0.25, 0.3) is 0 Å². The summed E-state index contributed by atoms with van der Waals surface area (Å²) in [6.07, 6.45) is 2.77. The molecule has 0 aliphatic carbocycles. The van der Waals surface area contributed by atoms with E-state index in [1.165, 1.54) is 16.7 Å². The van der Waals surface area contributed by atoms with Gasteiger partial charge in [-0.1, -0.05) is 66.2 Å². The fourth-order valence-electron chi connectivity index (χ4n) is 3.26. The van der Waals surface area contributed by atoms with Gasteiger partial charge in [-0.05, 0) is 30.0 Å². The predicted octanol–water partition coefficient (Wildman–Crippen LogP) is 3.88. The van der Waals surface area contributed by atoms with Crippen LogP contribution in [0.4, 0.5) is 0 Å². The van der Waals surface area contributed by atoms with E-state index in [9.17, 15) is 5.11 Å². The summed E-state index contributed by atoms with van der Waals surface area (Å²) in [5, 5.41) is 10.7. The third-order valence-corrected chi connectivity index (χ3v) is 4.52. The summed E-state index contributed by atoms with van der Waals surface area (Å²) in [5.74, 6) is 0. The number of aliphatic hydroxyl groups is 1. The second-order valence-electron chi connectivity index (χ2n) is 6.79. The third-order valence-electron chi connectivity index (χ3n) is 4.52. The Bertz CT molecular complexity index is 696. The van der Waals surface area contributed by atoms with E-state index < -0.39 is 6.10 Å². The fourth-order valence-corrected chi connectivity index (χ4v) is 3.26. The van der Waals surface area contributed by atoms with Crippen LogP contribution in [0, 0.1) is 6.92 Å². The minimum Gasteiger partial charge on any atom is -0.387 e. The van der Waals surface area contributed by atoms with Gasteiger partial charge in [-0.15, -0.1) is 0 Å². The summed E-state index contributed by atoms with van der Waals surface area (Å²) in [6.45, 7) is 5.83. The van der Waals surface area contributed by atoms with E-state index in [-0.39, 0.29) is 0 Å². The number of hydrogen-bond acceptors (Lipinski definition) is 3. The Morgan fingerprint density at radius 2 is 1.92 bits per heavy atom. The maximum Gasteiger partial charge on any atom is 0.0917 e. The molecule has 0 saturated heterocycles. The molecule has 1 atom stereocenters. The van der Waals surface area contributed by atoms with E-state index in [4.69, 9.17) is 4.74 Å². The molecule has 0 spiro atoms. The SMILES string of the molecule is Cc1cccc(C(O)CN(CC2=CCCOC2)Cc2ccccc2)c1. The van der Waals surface area contributed by atoms with Crippen LogP contribution in [0.3, 0.4) is 0 Å². The maximum absolute atomic E-state index is 10.7. The molecule has 25 heavy (non-hydrogen) atoms. The quantitative estimate of drug-likeness (QED) is 0.778. The Morgan fingerprint density at radius 3 is 2.64 bits per heavy atom. The monoisotopic (exact) mass is 337 g/mol. The summed E-state index contributed by atoms with van der Waals surface area (Å²) in [4.78, 5) is 2.31. The first-order valence-electron chi connectivity index (χ1n) is 8.97. The number of hydrogen-bond donors (Lipinski definition) is 1. The Hall–Kier alpha value is -1.94. The van der Waals surface area contributed by atoms with Crippen molar-refractivity contribution in [2.75, 3.05) is 26.3 Å². The van der Waals surface area contributed by atoms with Crippen molar-refractivity contribution in [1.82, 2.24) is 4.90 Å². The Kier molecular flexibility index (Phi) is 6.40. The molecule has 132 valence electrons. The van der Waals surface area contributed by atoms with Crippen LogP contribution in [0.1, 0.15) is 29.2 Å². The minimum absolute atomic E-state index is 0.492. The molecular formula is C22H27NO2. The highest BCUT2D eigenvalue weighted by Crippen LogP contribution is 2.19. The van der Waals surface area contributed by atoms with E-state index in [1.807, 2.05) is 18.2 Å². The molecule has 0 aromatic heterocycles. The van der Waals surface area contributed by atoms with E-state index in [0.29, 0.717) is 13.2 Å². The van der Waals surface area contributed by atoms with Crippen molar-refractivity contribution in [2.45, 2.75) is 26.0 Å². The Labute approximate surface area is 150 Å². The van der Waals surface area contributed by atoms with Gasteiger partial charge in [0.05, 0.1) is 19.3 Å². The van der Waals surface area contributed by atoms with Crippen LogP contribution in [0.15, 0.2) is 66.2 Å². The molecule has 1 heterocycles. The number of ether oxygens (including phenoxy) is 1. The van der Waals surface area contributed by atoms with Gasteiger partial charge < -0.3 is 9.84 Å². The van der Waals surface area contributed by atoms with E-state index in [2.05, 4.69) is 54.3 Å². The van der Waals surface area contributed by atoms with Gasteiger partial charge in [-0.2, -0.15) is 0 Å². The first-order chi connectivity index (χ1) is 12.2. The minimum atomic E-state index is -0.492. The molecule has 0 radical (unpaired) electrons. The molecule has 3 nitrogen and oxygen atoms in total. The van der Waals surface area contributed by atoms with Gasteiger partial charge in [-0.3, -0.25) is 4.90 Å². The molecule has 1 unspecified atom stereocenters. The molecule has 0 fully saturated rings. The molecular weight excluding hydrogens is 310 g/mol. The van der Waals surface area contributed by atoms with Crippen molar-refractivity contribution in [3.05, 3.63) is 82.9 Å². The predicted molar refractivity (Wildman–Crippen MR) is 101 cm³/mol. The molecule has 3 rings (SSSR count). The average Bonchev–Trinajstić information content (AvgIpc) is 2.63. The lowest BCUT2D eigenvalue weighted by Crippen LogP contribution is -2.31. The lowest BCUT2D eigenvalue weighted by Gasteiger charge is -2.27. The summed E-state index contributed by atoms with van der Waals surface area (Å²) < 4.78 is 5.58. The maximum atomic E-state index is 10.7. The van der Waals surface area contributed by atoms with Crippen LogP contribution in [-0.2, 0) is 11.3 Å². The zero-order chi connectivity index (χ0) is 17.5. The zero-order valence-corrected chi connectivity index (χ0v) is 14.9. The second kappa shape index (κ2) is 8.95. The summed E-state index contributed by atoms with van der Waals surface area (Å²) in [6, 6.07) is 18.6. The van der Waals surface area contributed by atoms with Crippen molar-refractivity contribution in [3.8, 4) is 0 Å². The number of aryl methyl sites for hydroxylation is 1. The summed E-state index contributed by atoms with van der Waals surface area (Å²) >= 11 is 0. The average molecular weight is 337 g/mol. The van der Waals surface area contributed by atoms with Gasteiger partial charge in [-0.25, -0.2) is 0 Å². The number of nitrogens with zero attached hydrogens (tertiary/aromatic N) is 1. The van der Waals surface area contributed by atoms with Crippen LogP contribution in [0.5, 0.6) is 0 Å². The lowest BCUT2D eigenvalue weighted by molar-refractivity contribution is 0.104. The van der Waals surface area contributed by atoms with E-state index in [1.54, 1.807) is 0 Å². The standard InChI is InChI=1S/C22H27NO2/c1-18-7-5-11-21(13-18)22(24)16-23(14-19-8-3-2-4-9-19)15-20-10-6-12-25-17-20/h2-5,7-11,13,22,24H,6,12,14-17H2,1H3. The van der Waals surface area contributed by atoms with Gasteiger partial charge in [0, 0.05) is 19.6 Å². The Morgan fingerprint density at radius 1 is 1.08 bits per heavy atom. The third kappa shape index (κ3) is 5.53. The molecule has 0 bridgehead atoms. The van der Waals surface area contributed by atoms with Gasteiger partial charge in [0.15, 0.2) is 0 Å². The molecule has 2 aromatic rings. The van der Waals surface area contributed by atoms with Gasteiger partial charge in [0.25, 0.3) is 0 Å². The van der Waals surface area contributed by atoms with Crippen molar-refractivity contribution in [2.24, 2.45) is 0 Å². The van der Waals surface area contributed by atoms with Crippen LogP contribution >= 0.6 is 0 Å². The van der Waals surface area contributed by atoms with Crippen LogP contribution < -0.4 is 0 Å². The smallest absolute Gasteiger partial charge is 0.0917 e. The fraction of sp³-hybridized carbons (Fsp3) is 0.364. The van der Waals surface area contributed by atoms with Crippen molar-refractivity contribution in [1.29, 1.82) is 0 Å². The first kappa shape index (κ1) is 17.9. The summed E-state index contributed by atoms with van der Waals surface area (Å²) in [7, 11) is 0. The lowest BCUT2D eigenvalue weighted by atomic mass is 10.1. The van der Waals surface area contributed by atoms with Gasteiger partial charge >= 0.3 is 0 Å². The van der Waals surface area contributed by atoms with E-state index >= 15 is 0 Å². The molecule has 1 aliphatic heterocycles.